The number of nitrogens with zero attached hydrogens (tertiary/aromatic N) is 2. The average Bonchev–Trinajstić information content (AvgIpc) is 2.76. The molecule has 0 aliphatic carbocycles. The molecule has 142 valence electrons. The van der Waals surface area contributed by atoms with E-state index >= 15 is 0 Å². The van der Waals surface area contributed by atoms with Gasteiger partial charge >= 0.3 is 0 Å². The number of hydrogen-bond donors (Lipinski definition) is 0. The minimum absolute atomic E-state index is 0.875. The molecule has 0 unspecified atom stereocenters. The quantitative estimate of drug-likeness (QED) is 0.584. The summed E-state index contributed by atoms with van der Waals surface area (Å²) in [6.07, 6.45) is 4.47. The van der Waals surface area contributed by atoms with Crippen LogP contribution in [0.3, 0.4) is 0 Å². The fraction of sp³-hybridized carbons (Fsp3) is 0.200. The maximum absolute atomic E-state index is 6.14. The summed E-state index contributed by atoms with van der Waals surface area (Å²) in [5.74, 6) is 1.80. The predicted octanol–water partition coefficient (Wildman–Crippen LogP) is 5.31. The molecule has 0 N–H and O–H groups in total. The van der Waals surface area contributed by atoms with E-state index in [-0.39, 0.29) is 0 Å². The molecule has 0 radical (unpaired) electrons. The summed E-state index contributed by atoms with van der Waals surface area (Å²) in [6, 6.07) is 28.8. The highest BCUT2D eigenvalue weighted by Gasteiger charge is 2.19. The Hall–Kier alpha value is -3.04. The average molecular weight is 370 g/mol. The van der Waals surface area contributed by atoms with E-state index in [1.807, 2.05) is 36.4 Å². The lowest BCUT2D eigenvalue weighted by Gasteiger charge is -2.36. The molecule has 1 fully saturated rings. The number of piperazine rings is 1. The van der Waals surface area contributed by atoms with E-state index in [1.165, 1.54) is 11.3 Å². The fourth-order valence-corrected chi connectivity index (χ4v) is 3.49. The van der Waals surface area contributed by atoms with Gasteiger partial charge in [0, 0.05) is 32.7 Å². The van der Waals surface area contributed by atoms with E-state index in [0.29, 0.717) is 0 Å². The SMILES string of the molecule is C(=Cc1ccccc1)CN1CCN(c2ccccc2Oc2ccccc2)CC1. The molecule has 28 heavy (non-hydrogen) atoms. The highest BCUT2D eigenvalue weighted by atomic mass is 16.5. The Morgan fingerprint density at radius 3 is 2.11 bits per heavy atom. The summed E-state index contributed by atoms with van der Waals surface area (Å²) >= 11 is 0. The van der Waals surface area contributed by atoms with E-state index in [9.17, 15) is 0 Å². The van der Waals surface area contributed by atoms with Gasteiger partial charge in [-0.25, -0.2) is 0 Å². The first-order valence-electron chi connectivity index (χ1n) is 9.89. The Morgan fingerprint density at radius 2 is 1.36 bits per heavy atom. The third-order valence-corrected chi connectivity index (χ3v) is 5.02. The minimum atomic E-state index is 0.875. The first-order chi connectivity index (χ1) is 13.9. The van der Waals surface area contributed by atoms with Crippen molar-refractivity contribution in [2.24, 2.45) is 0 Å². The van der Waals surface area contributed by atoms with E-state index in [2.05, 4.69) is 70.5 Å². The van der Waals surface area contributed by atoms with Gasteiger partial charge in [-0.15, -0.1) is 0 Å². The summed E-state index contributed by atoms with van der Waals surface area (Å²) in [4.78, 5) is 4.92. The Morgan fingerprint density at radius 1 is 0.714 bits per heavy atom. The highest BCUT2D eigenvalue weighted by molar-refractivity contribution is 5.60. The molecular formula is C25H26N2O. The van der Waals surface area contributed by atoms with Crippen LogP contribution in [0.2, 0.25) is 0 Å². The van der Waals surface area contributed by atoms with Crippen LogP contribution in [0.4, 0.5) is 5.69 Å². The maximum Gasteiger partial charge on any atom is 0.150 e. The van der Waals surface area contributed by atoms with Crippen molar-refractivity contribution in [3.05, 3.63) is 96.6 Å². The molecule has 3 aromatic rings. The monoisotopic (exact) mass is 370 g/mol. The van der Waals surface area contributed by atoms with Crippen LogP contribution in [0.25, 0.3) is 6.08 Å². The number of ether oxygens (including phenoxy) is 1. The molecule has 3 nitrogen and oxygen atoms in total. The largest absolute Gasteiger partial charge is 0.455 e. The van der Waals surface area contributed by atoms with Crippen LogP contribution in [0, 0.1) is 0 Å². The molecule has 0 bridgehead atoms. The second-order valence-corrected chi connectivity index (χ2v) is 6.98. The third kappa shape index (κ3) is 4.81. The molecule has 0 saturated carbocycles. The third-order valence-electron chi connectivity index (χ3n) is 5.02. The van der Waals surface area contributed by atoms with E-state index < -0.39 is 0 Å². The van der Waals surface area contributed by atoms with Crippen LogP contribution in [-0.4, -0.2) is 37.6 Å². The van der Waals surface area contributed by atoms with Crippen LogP contribution in [0.15, 0.2) is 91.0 Å². The van der Waals surface area contributed by atoms with Crippen LogP contribution < -0.4 is 9.64 Å². The molecule has 0 atom stereocenters. The summed E-state index contributed by atoms with van der Waals surface area (Å²) < 4.78 is 6.14. The molecule has 1 aliphatic rings. The highest BCUT2D eigenvalue weighted by Crippen LogP contribution is 2.32. The number of anilines is 1. The molecule has 3 aromatic carbocycles. The molecule has 3 heteroatoms. The smallest absolute Gasteiger partial charge is 0.150 e. The Bertz CT molecular complexity index is 885. The molecular weight excluding hydrogens is 344 g/mol. The molecule has 4 rings (SSSR count). The number of hydrogen-bond acceptors (Lipinski definition) is 3. The van der Waals surface area contributed by atoms with Gasteiger partial charge in [0.15, 0.2) is 5.75 Å². The van der Waals surface area contributed by atoms with E-state index in [1.54, 1.807) is 0 Å². The first-order valence-corrected chi connectivity index (χ1v) is 9.89. The fourth-order valence-electron chi connectivity index (χ4n) is 3.49. The van der Waals surface area contributed by atoms with Gasteiger partial charge in [0.05, 0.1) is 5.69 Å². The number of benzene rings is 3. The van der Waals surface area contributed by atoms with Gasteiger partial charge in [-0.1, -0.05) is 72.8 Å². The Kier molecular flexibility index (Phi) is 6.05. The van der Waals surface area contributed by atoms with Crippen molar-refractivity contribution < 1.29 is 4.74 Å². The van der Waals surface area contributed by atoms with Crippen LogP contribution in [0.5, 0.6) is 11.5 Å². The van der Waals surface area contributed by atoms with Crippen LogP contribution in [-0.2, 0) is 0 Å². The van der Waals surface area contributed by atoms with Gasteiger partial charge in [0.1, 0.15) is 5.75 Å². The topological polar surface area (TPSA) is 15.7 Å². The standard InChI is InChI=1S/C25H26N2O/c1-3-10-22(11-4-1)12-9-17-26-18-20-27(21-19-26)24-15-7-8-16-25(24)28-23-13-5-2-6-14-23/h1-16H,17-21H2. The zero-order valence-corrected chi connectivity index (χ0v) is 16.1. The first kappa shape index (κ1) is 18.3. The Labute approximate surface area is 167 Å². The molecule has 0 aromatic heterocycles. The van der Waals surface area contributed by atoms with Gasteiger partial charge in [-0.3, -0.25) is 4.90 Å². The van der Waals surface area contributed by atoms with Crippen molar-refractivity contribution in [1.29, 1.82) is 0 Å². The van der Waals surface area contributed by atoms with Crippen molar-refractivity contribution in [1.82, 2.24) is 4.90 Å². The number of rotatable bonds is 6. The minimum Gasteiger partial charge on any atom is -0.455 e. The van der Waals surface area contributed by atoms with Gasteiger partial charge in [0.25, 0.3) is 0 Å². The van der Waals surface area contributed by atoms with Crippen molar-refractivity contribution in [3.8, 4) is 11.5 Å². The zero-order chi connectivity index (χ0) is 19.0. The molecule has 1 heterocycles. The van der Waals surface area contributed by atoms with E-state index in [4.69, 9.17) is 4.74 Å². The lowest BCUT2D eigenvalue weighted by Crippen LogP contribution is -2.46. The second-order valence-electron chi connectivity index (χ2n) is 6.98. The summed E-state index contributed by atoms with van der Waals surface area (Å²) in [7, 11) is 0. The van der Waals surface area contributed by atoms with Crippen LogP contribution >= 0.6 is 0 Å². The van der Waals surface area contributed by atoms with Crippen molar-refractivity contribution in [3.63, 3.8) is 0 Å². The van der Waals surface area contributed by atoms with Crippen LogP contribution in [0.1, 0.15) is 5.56 Å². The van der Waals surface area contributed by atoms with Gasteiger partial charge in [-0.05, 0) is 29.8 Å². The zero-order valence-electron chi connectivity index (χ0n) is 16.1. The molecule has 1 aliphatic heterocycles. The van der Waals surface area contributed by atoms with Gasteiger partial charge in [0.2, 0.25) is 0 Å². The molecule has 0 spiro atoms. The summed E-state index contributed by atoms with van der Waals surface area (Å²) in [5, 5.41) is 0. The normalized spacial score (nSPS) is 15.1. The lowest BCUT2D eigenvalue weighted by atomic mass is 10.2. The van der Waals surface area contributed by atoms with Crippen molar-refractivity contribution in [2.45, 2.75) is 0 Å². The van der Waals surface area contributed by atoms with Crippen molar-refractivity contribution in [2.75, 3.05) is 37.6 Å². The lowest BCUT2D eigenvalue weighted by molar-refractivity contribution is 0.283. The molecule has 1 saturated heterocycles. The number of para-hydroxylation sites is 3. The van der Waals surface area contributed by atoms with Crippen molar-refractivity contribution >= 4 is 11.8 Å². The summed E-state index contributed by atoms with van der Waals surface area (Å²) in [6.45, 7) is 5.12. The Balaban J connectivity index is 1.34. The maximum atomic E-state index is 6.14. The summed E-state index contributed by atoms with van der Waals surface area (Å²) in [5.41, 5.74) is 2.43. The second kappa shape index (κ2) is 9.25. The van der Waals surface area contributed by atoms with Gasteiger partial charge < -0.3 is 9.64 Å². The van der Waals surface area contributed by atoms with E-state index in [0.717, 1.165) is 44.2 Å². The predicted molar refractivity (Wildman–Crippen MR) is 117 cm³/mol. The molecule has 0 amide bonds. The van der Waals surface area contributed by atoms with Gasteiger partial charge in [-0.2, -0.15) is 0 Å².